The van der Waals surface area contributed by atoms with E-state index in [4.69, 9.17) is 4.74 Å². The number of rotatable bonds is 2. The van der Waals surface area contributed by atoms with Crippen LogP contribution in [0.15, 0.2) is 59.5 Å². The van der Waals surface area contributed by atoms with Gasteiger partial charge in [0, 0.05) is 34.9 Å². The zero-order valence-electron chi connectivity index (χ0n) is 14.7. The summed E-state index contributed by atoms with van der Waals surface area (Å²) in [7, 11) is 1.68. The largest absolute Gasteiger partial charge is 0.497 e. The number of aromatic amines is 1. The molecule has 0 radical (unpaired) electrons. The number of imidazole rings is 1. The van der Waals surface area contributed by atoms with Crippen molar-refractivity contribution in [2.75, 3.05) is 7.11 Å². The molecule has 5 heteroatoms. The Bertz CT molecular complexity index is 1180. The molecule has 1 aliphatic rings. The van der Waals surface area contributed by atoms with E-state index in [9.17, 15) is 4.79 Å². The molecule has 1 aliphatic heterocycles. The van der Waals surface area contributed by atoms with Crippen molar-refractivity contribution < 1.29 is 4.74 Å². The molecule has 0 spiro atoms. The van der Waals surface area contributed by atoms with Crippen molar-refractivity contribution in [3.8, 4) is 11.4 Å². The molecule has 4 aromatic rings. The van der Waals surface area contributed by atoms with Crippen molar-refractivity contribution in [2.45, 2.75) is 19.4 Å². The second-order valence-corrected chi connectivity index (χ2v) is 6.76. The molecule has 0 amide bonds. The predicted octanol–water partition coefficient (Wildman–Crippen LogP) is 3.64. The first kappa shape index (κ1) is 15.1. The molecule has 3 heterocycles. The number of hydrogen-bond acceptors (Lipinski definition) is 2. The first-order valence-electron chi connectivity index (χ1n) is 8.74. The summed E-state index contributed by atoms with van der Waals surface area (Å²) < 4.78 is 9.01. The van der Waals surface area contributed by atoms with Crippen molar-refractivity contribution in [1.29, 1.82) is 0 Å². The van der Waals surface area contributed by atoms with E-state index < -0.39 is 0 Å². The van der Waals surface area contributed by atoms with Crippen LogP contribution in [0.4, 0.5) is 0 Å². The minimum absolute atomic E-state index is 0.000543. The number of nitrogens with one attached hydrogen (secondary N) is 1. The summed E-state index contributed by atoms with van der Waals surface area (Å²) >= 11 is 0. The number of aromatic nitrogens is 3. The van der Waals surface area contributed by atoms with E-state index in [0.29, 0.717) is 0 Å². The molecule has 0 aliphatic carbocycles. The average molecular weight is 345 g/mol. The van der Waals surface area contributed by atoms with Gasteiger partial charge >= 0.3 is 5.69 Å². The van der Waals surface area contributed by atoms with Crippen molar-refractivity contribution in [3.05, 3.63) is 82.2 Å². The van der Waals surface area contributed by atoms with Crippen molar-refractivity contribution in [1.82, 2.24) is 14.1 Å². The summed E-state index contributed by atoms with van der Waals surface area (Å²) in [6.07, 6.45) is 2.69. The van der Waals surface area contributed by atoms with E-state index in [1.54, 1.807) is 11.7 Å². The van der Waals surface area contributed by atoms with Crippen LogP contribution < -0.4 is 10.4 Å². The second kappa shape index (κ2) is 5.39. The highest BCUT2D eigenvalue weighted by Crippen LogP contribution is 2.36. The van der Waals surface area contributed by atoms with Gasteiger partial charge in [0.1, 0.15) is 5.75 Å². The zero-order valence-corrected chi connectivity index (χ0v) is 14.7. The number of nitrogens with zero attached hydrogens (tertiary/aromatic N) is 2. The van der Waals surface area contributed by atoms with Crippen LogP contribution in [0, 0.1) is 0 Å². The normalized spacial score (nSPS) is 15.7. The first-order valence-corrected chi connectivity index (χ1v) is 8.74. The average Bonchev–Trinajstić information content (AvgIpc) is 3.21. The van der Waals surface area contributed by atoms with Crippen molar-refractivity contribution in [2.24, 2.45) is 0 Å². The van der Waals surface area contributed by atoms with Gasteiger partial charge in [-0.2, -0.15) is 0 Å². The molecule has 1 atom stereocenters. The third-order valence-electron chi connectivity index (χ3n) is 5.34. The topological polar surface area (TPSA) is 51.9 Å². The molecule has 0 fully saturated rings. The zero-order chi connectivity index (χ0) is 17.8. The molecule has 5 nitrogen and oxygen atoms in total. The number of methoxy groups -OCH3 is 1. The van der Waals surface area contributed by atoms with Gasteiger partial charge in [-0.05, 0) is 42.8 Å². The molecule has 5 rings (SSSR count). The summed E-state index contributed by atoms with van der Waals surface area (Å²) in [5.74, 6) is 0.844. The Kier molecular flexibility index (Phi) is 3.13. The van der Waals surface area contributed by atoms with E-state index in [0.717, 1.165) is 40.1 Å². The molecule has 2 aromatic heterocycles. The van der Waals surface area contributed by atoms with Gasteiger partial charge in [-0.15, -0.1) is 0 Å². The highest BCUT2D eigenvalue weighted by atomic mass is 16.5. The van der Waals surface area contributed by atoms with Gasteiger partial charge in [-0.3, -0.25) is 9.13 Å². The fourth-order valence-corrected chi connectivity index (χ4v) is 4.06. The van der Waals surface area contributed by atoms with Gasteiger partial charge in [0.25, 0.3) is 0 Å². The highest BCUT2D eigenvalue weighted by molar-refractivity contribution is 5.87. The van der Waals surface area contributed by atoms with Crippen LogP contribution in [0.2, 0.25) is 0 Å². The number of benzene rings is 2. The summed E-state index contributed by atoms with van der Waals surface area (Å²) in [4.78, 5) is 16.6. The molecule has 0 saturated heterocycles. The maximum Gasteiger partial charge on any atom is 0.333 e. The molecular formula is C21H19N3O2. The monoisotopic (exact) mass is 345 g/mol. The van der Waals surface area contributed by atoms with Crippen LogP contribution in [-0.2, 0) is 6.42 Å². The van der Waals surface area contributed by atoms with Gasteiger partial charge in [-0.1, -0.05) is 18.2 Å². The molecule has 0 bridgehead atoms. The van der Waals surface area contributed by atoms with E-state index in [2.05, 4.69) is 18.0 Å². The quantitative estimate of drug-likeness (QED) is 0.603. The lowest BCUT2D eigenvalue weighted by Gasteiger charge is -2.21. The third kappa shape index (κ3) is 2.00. The summed E-state index contributed by atoms with van der Waals surface area (Å²) in [5, 5.41) is 1.16. The Morgan fingerprint density at radius 1 is 1.15 bits per heavy atom. The van der Waals surface area contributed by atoms with Crippen molar-refractivity contribution >= 4 is 10.9 Å². The SMILES string of the molecule is COc1ccc2[nH]c3c(c2c1)Cc1cn(-c2ccccc2)c(=O)n1C3C. The molecular weight excluding hydrogens is 326 g/mol. The molecule has 1 N–H and O–H groups in total. The van der Waals surface area contributed by atoms with Gasteiger partial charge in [0.2, 0.25) is 0 Å². The standard InChI is InChI=1S/C21H19N3O2/c1-13-20-18(17-11-16(26-2)8-9-19(17)22-20)10-15-12-23(21(25)24(13)15)14-6-4-3-5-7-14/h3-9,11-13,22H,10H2,1-2H3. The Morgan fingerprint density at radius 2 is 1.96 bits per heavy atom. The Balaban J connectivity index is 1.70. The summed E-state index contributed by atoms with van der Waals surface area (Å²) in [6, 6.07) is 15.8. The van der Waals surface area contributed by atoms with E-state index in [1.807, 2.05) is 53.2 Å². The van der Waals surface area contributed by atoms with Crippen molar-refractivity contribution in [3.63, 3.8) is 0 Å². The van der Waals surface area contributed by atoms with Crippen LogP contribution in [0.1, 0.15) is 29.9 Å². The van der Waals surface area contributed by atoms with Gasteiger partial charge in [-0.25, -0.2) is 4.79 Å². The Labute approximate surface area is 150 Å². The van der Waals surface area contributed by atoms with Crippen LogP contribution in [-0.4, -0.2) is 21.2 Å². The number of para-hydroxylation sites is 1. The fraction of sp³-hybridized carbons (Fsp3) is 0.190. The van der Waals surface area contributed by atoms with Gasteiger partial charge < -0.3 is 9.72 Å². The summed E-state index contributed by atoms with van der Waals surface area (Å²) in [6.45, 7) is 2.07. The number of H-pyrrole nitrogens is 1. The Morgan fingerprint density at radius 3 is 2.73 bits per heavy atom. The fourth-order valence-electron chi connectivity index (χ4n) is 4.06. The van der Waals surface area contributed by atoms with Crippen LogP contribution in [0.3, 0.4) is 0 Å². The maximum atomic E-state index is 13.0. The molecule has 130 valence electrons. The third-order valence-corrected chi connectivity index (χ3v) is 5.34. The van der Waals surface area contributed by atoms with Gasteiger partial charge in [0.15, 0.2) is 0 Å². The summed E-state index contributed by atoms with van der Waals surface area (Å²) in [5.41, 5.74) is 5.35. The molecule has 0 saturated carbocycles. The maximum absolute atomic E-state index is 13.0. The van der Waals surface area contributed by atoms with E-state index >= 15 is 0 Å². The first-order chi connectivity index (χ1) is 12.7. The van der Waals surface area contributed by atoms with Gasteiger partial charge in [0.05, 0.1) is 18.8 Å². The number of fused-ring (bicyclic) bond motifs is 4. The van der Waals surface area contributed by atoms with E-state index in [1.165, 1.54) is 5.56 Å². The lowest BCUT2D eigenvalue weighted by Crippen LogP contribution is -2.30. The molecule has 26 heavy (non-hydrogen) atoms. The number of ether oxygens (including phenoxy) is 1. The molecule has 1 unspecified atom stereocenters. The predicted molar refractivity (Wildman–Crippen MR) is 101 cm³/mol. The lowest BCUT2D eigenvalue weighted by molar-refractivity contribution is 0.415. The van der Waals surface area contributed by atoms with E-state index in [-0.39, 0.29) is 11.7 Å². The van der Waals surface area contributed by atoms with Crippen LogP contribution in [0.5, 0.6) is 5.75 Å². The van der Waals surface area contributed by atoms with Crippen LogP contribution in [0.25, 0.3) is 16.6 Å². The Hall–Kier alpha value is -3.21. The highest BCUT2D eigenvalue weighted by Gasteiger charge is 2.28. The minimum atomic E-state index is -0.0374. The molecule has 2 aromatic carbocycles. The number of hydrogen-bond donors (Lipinski definition) is 1. The second-order valence-electron chi connectivity index (χ2n) is 6.76. The smallest absolute Gasteiger partial charge is 0.333 e. The van der Waals surface area contributed by atoms with Crippen LogP contribution >= 0.6 is 0 Å². The lowest BCUT2D eigenvalue weighted by atomic mass is 9.98. The minimum Gasteiger partial charge on any atom is -0.497 e.